The predicted molar refractivity (Wildman–Crippen MR) is 83.0 cm³/mol. The monoisotopic (exact) mass is 276 g/mol. The van der Waals surface area contributed by atoms with Crippen LogP contribution >= 0.6 is 0 Å². The molecule has 0 bridgehead atoms. The van der Waals surface area contributed by atoms with Gasteiger partial charge in [0.05, 0.1) is 11.4 Å². The van der Waals surface area contributed by atoms with Gasteiger partial charge in [-0.05, 0) is 43.6 Å². The van der Waals surface area contributed by atoms with Gasteiger partial charge in [-0.15, -0.1) is 0 Å². The molecule has 20 heavy (non-hydrogen) atoms. The van der Waals surface area contributed by atoms with E-state index in [-0.39, 0.29) is 5.91 Å². The first-order chi connectivity index (χ1) is 9.63. The maximum atomic E-state index is 11.5. The van der Waals surface area contributed by atoms with Crippen LogP contribution in [0.1, 0.15) is 23.7 Å². The van der Waals surface area contributed by atoms with Crippen molar-refractivity contribution in [3.05, 3.63) is 23.8 Å². The number of hydrogen-bond donors (Lipinski definition) is 3. The molecule has 110 valence electrons. The van der Waals surface area contributed by atoms with Crippen molar-refractivity contribution in [1.29, 1.82) is 0 Å². The number of carbonyl (C=O) groups is 1. The fourth-order valence-electron chi connectivity index (χ4n) is 2.63. The lowest BCUT2D eigenvalue weighted by Crippen LogP contribution is -2.22. The van der Waals surface area contributed by atoms with Crippen LogP contribution in [0.4, 0.5) is 11.4 Å². The molecule has 1 fully saturated rings. The lowest BCUT2D eigenvalue weighted by Gasteiger charge is -2.15. The molecule has 1 atom stereocenters. The second-order valence-electron chi connectivity index (χ2n) is 5.31. The normalized spacial score (nSPS) is 19.0. The van der Waals surface area contributed by atoms with Gasteiger partial charge in [-0.3, -0.25) is 4.79 Å². The van der Waals surface area contributed by atoms with Crippen molar-refractivity contribution < 1.29 is 4.79 Å². The number of anilines is 2. The van der Waals surface area contributed by atoms with E-state index in [1.54, 1.807) is 19.2 Å². The first-order valence-electron chi connectivity index (χ1n) is 7.21. The Labute approximate surface area is 120 Å². The molecule has 1 aromatic carbocycles. The molecule has 0 radical (unpaired) electrons. The summed E-state index contributed by atoms with van der Waals surface area (Å²) in [7, 11) is 1.62. The van der Waals surface area contributed by atoms with Crippen molar-refractivity contribution in [1.82, 2.24) is 10.2 Å². The average molecular weight is 276 g/mol. The van der Waals surface area contributed by atoms with Crippen molar-refractivity contribution in [2.24, 2.45) is 5.92 Å². The largest absolute Gasteiger partial charge is 0.397 e. The fourth-order valence-corrected chi connectivity index (χ4v) is 2.63. The second kappa shape index (κ2) is 6.61. The molecule has 0 aromatic heterocycles. The predicted octanol–water partition coefficient (Wildman–Crippen LogP) is 1.38. The average Bonchev–Trinajstić information content (AvgIpc) is 2.93. The third-order valence-electron chi connectivity index (χ3n) is 3.94. The van der Waals surface area contributed by atoms with Crippen LogP contribution in [0.15, 0.2) is 18.2 Å². The summed E-state index contributed by atoms with van der Waals surface area (Å²) in [4.78, 5) is 14.0. The van der Waals surface area contributed by atoms with Crippen LogP contribution in [-0.2, 0) is 0 Å². The summed E-state index contributed by atoms with van der Waals surface area (Å²) in [5.41, 5.74) is 8.12. The van der Waals surface area contributed by atoms with Gasteiger partial charge in [-0.1, -0.05) is 6.92 Å². The number of nitrogens with two attached hydrogens (primary N) is 1. The minimum Gasteiger partial charge on any atom is -0.397 e. The number of carbonyl (C=O) groups excluding carboxylic acids is 1. The number of likely N-dealkylation sites (tertiary alicyclic amines) is 1. The molecule has 0 saturated carbocycles. The van der Waals surface area contributed by atoms with Crippen LogP contribution in [-0.4, -0.2) is 44.0 Å². The van der Waals surface area contributed by atoms with E-state index in [9.17, 15) is 4.79 Å². The smallest absolute Gasteiger partial charge is 0.251 e. The van der Waals surface area contributed by atoms with Crippen LogP contribution in [0.5, 0.6) is 0 Å². The highest BCUT2D eigenvalue weighted by molar-refractivity contribution is 5.95. The third kappa shape index (κ3) is 3.42. The Morgan fingerprint density at radius 1 is 1.50 bits per heavy atom. The van der Waals surface area contributed by atoms with Gasteiger partial charge in [0.2, 0.25) is 0 Å². The summed E-state index contributed by atoms with van der Waals surface area (Å²) >= 11 is 0. The first-order valence-corrected chi connectivity index (χ1v) is 7.21. The molecule has 1 aromatic rings. The number of nitrogen functional groups attached to an aromatic ring is 1. The third-order valence-corrected chi connectivity index (χ3v) is 3.94. The Bertz CT molecular complexity index is 475. The van der Waals surface area contributed by atoms with Gasteiger partial charge in [0.1, 0.15) is 0 Å². The minimum absolute atomic E-state index is 0.113. The van der Waals surface area contributed by atoms with Crippen LogP contribution in [0.25, 0.3) is 0 Å². The van der Waals surface area contributed by atoms with Gasteiger partial charge in [-0.25, -0.2) is 0 Å². The molecule has 1 heterocycles. The van der Waals surface area contributed by atoms with Gasteiger partial charge in [-0.2, -0.15) is 0 Å². The molecule has 0 spiro atoms. The molecule has 1 amide bonds. The Kier molecular flexibility index (Phi) is 4.84. The van der Waals surface area contributed by atoms with Gasteiger partial charge in [0, 0.05) is 25.7 Å². The van der Waals surface area contributed by atoms with Crippen molar-refractivity contribution in [3.63, 3.8) is 0 Å². The lowest BCUT2D eigenvalue weighted by atomic mass is 10.1. The molecule has 1 aliphatic heterocycles. The second-order valence-corrected chi connectivity index (χ2v) is 5.31. The SMILES string of the molecule is CCN1CCC(CNc2ccc(C(=O)NC)cc2N)C1. The standard InChI is InChI=1S/C15H24N4O/c1-3-19-7-6-11(10-19)9-18-14-5-4-12(8-13(14)16)15(20)17-2/h4-5,8,11,18H,3,6-7,9-10,16H2,1-2H3,(H,17,20). The zero-order valence-corrected chi connectivity index (χ0v) is 12.3. The Morgan fingerprint density at radius 3 is 2.90 bits per heavy atom. The van der Waals surface area contributed by atoms with Gasteiger partial charge >= 0.3 is 0 Å². The van der Waals surface area contributed by atoms with E-state index in [1.165, 1.54) is 13.0 Å². The highest BCUT2D eigenvalue weighted by Gasteiger charge is 2.20. The highest BCUT2D eigenvalue weighted by atomic mass is 16.1. The Hall–Kier alpha value is -1.75. The van der Waals surface area contributed by atoms with Crippen LogP contribution < -0.4 is 16.4 Å². The van der Waals surface area contributed by atoms with Crippen molar-refractivity contribution in [2.45, 2.75) is 13.3 Å². The van der Waals surface area contributed by atoms with Crippen molar-refractivity contribution in [2.75, 3.05) is 44.3 Å². The first kappa shape index (κ1) is 14.7. The van der Waals surface area contributed by atoms with E-state index in [1.807, 2.05) is 6.07 Å². The van der Waals surface area contributed by atoms with E-state index in [0.717, 1.165) is 25.3 Å². The molecule has 1 aliphatic rings. The number of hydrogen-bond acceptors (Lipinski definition) is 4. The number of benzene rings is 1. The molecule has 1 saturated heterocycles. The van der Waals surface area contributed by atoms with Gasteiger partial charge < -0.3 is 21.3 Å². The highest BCUT2D eigenvalue weighted by Crippen LogP contribution is 2.22. The summed E-state index contributed by atoms with van der Waals surface area (Å²) in [6.07, 6.45) is 1.23. The zero-order valence-electron chi connectivity index (χ0n) is 12.3. The number of nitrogens with one attached hydrogen (secondary N) is 2. The molecule has 1 unspecified atom stereocenters. The number of amides is 1. The van der Waals surface area contributed by atoms with E-state index in [0.29, 0.717) is 17.2 Å². The summed E-state index contributed by atoms with van der Waals surface area (Å²) < 4.78 is 0. The maximum absolute atomic E-state index is 11.5. The topological polar surface area (TPSA) is 70.4 Å². The Balaban J connectivity index is 1.92. The van der Waals surface area contributed by atoms with Crippen LogP contribution in [0.2, 0.25) is 0 Å². The summed E-state index contributed by atoms with van der Waals surface area (Å²) in [6.45, 7) is 6.60. The molecule has 5 heteroatoms. The molecular weight excluding hydrogens is 252 g/mol. The van der Waals surface area contributed by atoms with Gasteiger partial charge in [0.15, 0.2) is 0 Å². The summed E-state index contributed by atoms with van der Waals surface area (Å²) in [6, 6.07) is 5.39. The number of nitrogens with zero attached hydrogens (tertiary/aromatic N) is 1. The van der Waals surface area contributed by atoms with Crippen LogP contribution in [0.3, 0.4) is 0 Å². The van der Waals surface area contributed by atoms with Crippen molar-refractivity contribution in [3.8, 4) is 0 Å². The quantitative estimate of drug-likeness (QED) is 0.711. The lowest BCUT2D eigenvalue weighted by molar-refractivity contribution is 0.0963. The molecule has 5 nitrogen and oxygen atoms in total. The van der Waals surface area contributed by atoms with E-state index in [2.05, 4.69) is 22.5 Å². The summed E-state index contributed by atoms with van der Waals surface area (Å²) in [5.74, 6) is 0.561. The van der Waals surface area contributed by atoms with Crippen molar-refractivity contribution >= 4 is 17.3 Å². The molecule has 0 aliphatic carbocycles. The van der Waals surface area contributed by atoms with Gasteiger partial charge in [0.25, 0.3) is 5.91 Å². The van der Waals surface area contributed by atoms with E-state index in [4.69, 9.17) is 5.73 Å². The fraction of sp³-hybridized carbons (Fsp3) is 0.533. The molecule has 2 rings (SSSR count). The van der Waals surface area contributed by atoms with E-state index >= 15 is 0 Å². The maximum Gasteiger partial charge on any atom is 0.251 e. The van der Waals surface area contributed by atoms with Crippen LogP contribution in [0, 0.1) is 5.92 Å². The Morgan fingerprint density at radius 2 is 2.30 bits per heavy atom. The number of rotatable bonds is 5. The zero-order chi connectivity index (χ0) is 14.5. The van der Waals surface area contributed by atoms with E-state index < -0.39 is 0 Å². The minimum atomic E-state index is -0.113. The summed E-state index contributed by atoms with van der Waals surface area (Å²) in [5, 5.41) is 6.00. The molecular formula is C15H24N4O. The molecule has 4 N–H and O–H groups in total.